The van der Waals surface area contributed by atoms with Crippen LogP contribution >= 0.6 is 0 Å². The summed E-state index contributed by atoms with van der Waals surface area (Å²) >= 11 is 0. The van der Waals surface area contributed by atoms with Crippen LogP contribution in [-0.2, 0) is 11.3 Å². The number of hydrogen-bond acceptors (Lipinski definition) is 4. The van der Waals surface area contributed by atoms with Gasteiger partial charge in [-0.05, 0) is 6.07 Å². The molecule has 1 atom stereocenters. The van der Waals surface area contributed by atoms with Gasteiger partial charge in [0.2, 0.25) is 0 Å². The molecular formula is C14H18N2O2. The Morgan fingerprint density at radius 1 is 1.33 bits per heavy atom. The SMILES string of the molecule is NCC1CN(Cc2coc3ccccc23)CCO1. The number of ether oxygens (including phenoxy) is 1. The summed E-state index contributed by atoms with van der Waals surface area (Å²) in [4.78, 5) is 2.37. The number of rotatable bonds is 3. The van der Waals surface area contributed by atoms with Gasteiger partial charge < -0.3 is 14.9 Å². The van der Waals surface area contributed by atoms with E-state index in [4.69, 9.17) is 14.9 Å². The highest BCUT2D eigenvalue weighted by Gasteiger charge is 2.20. The van der Waals surface area contributed by atoms with E-state index in [1.165, 1.54) is 10.9 Å². The molecule has 0 radical (unpaired) electrons. The fourth-order valence-corrected chi connectivity index (χ4v) is 2.46. The fraction of sp³-hybridized carbons (Fsp3) is 0.429. The molecule has 2 heterocycles. The number of para-hydroxylation sites is 1. The normalized spacial score (nSPS) is 21.5. The molecule has 0 amide bonds. The van der Waals surface area contributed by atoms with Gasteiger partial charge in [-0.1, -0.05) is 18.2 Å². The highest BCUT2D eigenvalue weighted by atomic mass is 16.5. The summed E-state index contributed by atoms with van der Waals surface area (Å²) in [5, 5.41) is 1.20. The molecule has 1 aliphatic heterocycles. The first-order valence-electron chi connectivity index (χ1n) is 6.36. The van der Waals surface area contributed by atoms with Crippen LogP contribution in [0.25, 0.3) is 11.0 Å². The molecule has 0 spiro atoms. The average molecular weight is 246 g/mol. The van der Waals surface area contributed by atoms with Crippen molar-refractivity contribution in [1.82, 2.24) is 4.90 Å². The van der Waals surface area contributed by atoms with Gasteiger partial charge in [-0.15, -0.1) is 0 Å². The number of benzene rings is 1. The summed E-state index contributed by atoms with van der Waals surface area (Å²) in [5.41, 5.74) is 7.85. The Kier molecular flexibility index (Phi) is 3.32. The molecule has 0 bridgehead atoms. The molecule has 0 saturated carbocycles. The van der Waals surface area contributed by atoms with Crippen molar-refractivity contribution in [1.29, 1.82) is 0 Å². The number of furan rings is 1. The molecule has 4 heteroatoms. The molecular weight excluding hydrogens is 228 g/mol. The van der Waals surface area contributed by atoms with Gasteiger partial charge in [0.25, 0.3) is 0 Å². The van der Waals surface area contributed by atoms with E-state index in [-0.39, 0.29) is 6.10 Å². The van der Waals surface area contributed by atoms with Gasteiger partial charge >= 0.3 is 0 Å². The van der Waals surface area contributed by atoms with Gasteiger partial charge in [0, 0.05) is 37.1 Å². The molecule has 18 heavy (non-hydrogen) atoms. The van der Waals surface area contributed by atoms with Gasteiger partial charge in [0.05, 0.1) is 19.0 Å². The fourth-order valence-electron chi connectivity index (χ4n) is 2.46. The smallest absolute Gasteiger partial charge is 0.134 e. The van der Waals surface area contributed by atoms with Gasteiger partial charge in [-0.25, -0.2) is 0 Å². The van der Waals surface area contributed by atoms with E-state index in [2.05, 4.69) is 11.0 Å². The molecule has 2 aromatic rings. The molecule has 2 N–H and O–H groups in total. The molecule has 1 aliphatic rings. The van der Waals surface area contributed by atoms with Crippen LogP contribution in [0.1, 0.15) is 5.56 Å². The minimum Gasteiger partial charge on any atom is -0.464 e. The lowest BCUT2D eigenvalue weighted by atomic mass is 10.1. The van der Waals surface area contributed by atoms with Crippen molar-refractivity contribution in [2.75, 3.05) is 26.2 Å². The van der Waals surface area contributed by atoms with Crippen LogP contribution in [0.5, 0.6) is 0 Å². The molecule has 1 aromatic carbocycles. The predicted molar refractivity (Wildman–Crippen MR) is 70.3 cm³/mol. The Labute approximate surface area is 106 Å². The number of nitrogens with two attached hydrogens (primary N) is 1. The maximum atomic E-state index is 5.66. The third-order valence-electron chi connectivity index (χ3n) is 3.44. The Balaban J connectivity index is 1.76. The van der Waals surface area contributed by atoms with E-state index in [0.29, 0.717) is 6.54 Å². The number of morpholine rings is 1. The molecule has 1 unspecified atom stereocenters. The van der Waals surface area contributed by atoms with Crippen LogP contribution in [0, 0.1) is 0 Å². The zero-order chi connectivity index (χ0) is 12.4. The summed E-state index contributed by atoms with van der Waals surface area (Å²) in [5.74, 6) is 0. The standard InChI is InChI=1S/C14H18N2O2/c15-7-12-9-16(5-6-17-12)8-11-10-18-14-4-2-1-3-13(11)14/h1-4,10,12H,5-9,15H2. The van der Waals surface area contributed by atoms with Crippen molar-refractivity contribution in [3.63, 3.8) is 0 Å². The molecule has 1 fully saturated rings. The first-order valence-corrected chi connectivity index (χ1v) is 6.36. The molecule has 96 valence electrons. The molecule has 0 aliphatic carbocycles. The van der Waals surface area contributed by atoms with Gasteiger partial charge in [0.15, 0.2) is 0 Å². The highest BCUT2D eigenvalue weighted by Crippen LogP contribution is 2.22. The molecule has 1 aromatic heterocycles. The van der Waals surface area contributed by atoms with Gasteiger partial charge in [-0.2, -0.15) is 0 Å². The molecule has 4 nitrogen and oxygen atoms in total. The first kappa shape index (κ1) is 11.7. The molecule has 1 saturated heterocycles. The van der Waals surface area contributed by atoms with Crippen molar-refractivity contribution in [2.24, 2.45) is 5.73 Å². The monoisotopic (exact) mass is 246 g/mol. The van der Waals surface area contributed by atoms with E-state index in [1.54, 1.807) is 0 Å². The third kappa shape index (κ3) is 2.27. The second-order valence-electron chi connectivity index (χ2n) is 4.72. The van der Waals surface area contributed by atoms with Crippen LogP contribution < -0.4 is 5.73 Å². The third-order valence-corrected chi connectivity index (χ3v) is 3.44. The van der Waals surface area contributed by atoms with E-state index in [0.717, 1.165) is 31.8 Å². The van der Waals surface area contributed by atoms with Crippen LogP contribution in [-0.4, -0.2) is 37.2 Å². The summed E-state index contributed by atoms with van der Waals surface area (Å²) in [6, 6.07) is 8.15. The Morgan fingerprint density at radius 3 is 3.11 bits per heavy atom. The van der Waals surface area contributed by atoms with Crippen LogP contribution in [0.2, 0.25) is 0 Å². The second-order valence-corrected chi connectivity index (χ2v) is 4.72. The zero-order valence-electron chi connectivity index (χ0n) is 10.3. The van der Waals surface area contributed by atoms with Crippen LogP contribution in [0.4, 0.5) is 0 Å². The van der Waals surface area contributed by atoms with E-state index in [9.17, 15) is 0 Å². The van der Waals surface area contributed by atoms with Crippen LogP contribution in [0.3, 0.4) is 0 Å². The van der Waals surface area contributed by atoms with Gasteiger partial charge in [0.1, 0.15) is 5.58 Å². The lowest BCUT2D eigenvalue weighted by Gasteiger charge is -2.32. The maximum absolute atomic E-state index is 5.66. The van der Waals surface area contributed by atoms with Crippen molar-refractivity contribution in [3.8, 4) is 0 Å². The predicted octanol–water partition coefficient (Wildman–Crippen LogP) is 1.59. The Morgan fingerprint density at radius 2 is 2.22 bits per heavy atom. The number of hydrogen-bond donors (Lipinski definition) is 1. The van der Waals surface area contributed by atoms with Crippen molar-refractivity contribution in [3.05, 3.63) is 36.1 Å². The minimum absolute atomic E-state index is 0.164. The minimum atomic E-state index is 0.164. The van der Waals surface area contributed by atoms with Crippen molar-refractivity contribution >= 4 is 11.0 Å². The first-order chi connectivity index (χ1) is 8.86. The Hall–Kier alpha value is -1.36. The number of fused-ring (bicyclic) bond motifs is 1. The summed E-state index contributed by atoms with van der Waals surface area (Å²) in [6.07, 6.45) is 2.02. The van der Waals surface area contributed by atoms with E-state index < -0.39 is 0 Å². The number of nitrogens with zero attached hydrogens (tertiary/aromatic N) is 1. The highest BCUT2D eigenvalue weighted by molar-refractivity contribution is 5.80. The summed E-state index contributed by atoms with van der Waals surface area (Å²) < 4.78 is 11.1. The Bertz CT molecular complexity index is 523. The lowest BCUT2D eigenvalue weighted by Crippen LogP contribution is -2.45. The topological polar surface area (TPSA) is 51.6 Å². The molecule has 3 rings (SSSR count). The van der Waals surface area contributed by atoms with Crippen molar-refractivity contribution < 1.29 is 9.15 Å². The van der Waals surface area contributed by atoms with E-state index in [1.807, 2.05) is 24.5 Å². The lowest BCUT2D eigenvalue weighted by molar-refractivity contribution is -0.0259. The largest absolute Gasteiger partial charge is 0.464 e. The second kappa shape index (κ2) is 5.10. The average Bonchev–Trinajstić information content (AvgIpc) is 2.83. The maximum Gasteiger partial charge on any atom is 0.134 e. The van der Waals surface area contributed by atoms with E-state index >= 15 is 0 Å². The van der Waals surface area contributed by atoms with Gasteiger partial charge in [-0.3, -0.25) is 4.90 Å². The summed E-state index contributed by atoms with van der Waals surface area (Å²) in [7, 11) is 0. The summed E-state index contributed by atoms with van der Waals surface area (Å²) in [6.45, 7) is 4.10. The quantitative estimate of drug-likeness (QED) is 0.893. The zero-order valence-corrected chi connectivity index (χ0v) is 10.3. The van der Waals surface area contributed by atoms with Crippen LogP contribution in [0.15, 0.2) is 34.9 Å². The van der Waals surface area contributed by atoms with Crippen molar-refractivity contribution in [2.45, 2.75) is 12.6 Å².